The summed E-state index contributed by atoms with van der Waals surface area (Å²) < 4.78 is 5.71. The molecule has 0 fully saturated rings. The van der Waals surface area contributed by atoms with Crippen molar-refractivity contribution in [3.05, 3.63) is 53.1 Å². The van der Waals surface area contributed by atoms with Crippen molar-refractivity contribution in [2.24, 2.45) is 23.5 Å². The lowest BCUT2D eigenvalue weighted by atomic mass is 9.87. The van der Waals surface area contributed by atoms with Gasteiger partial charge in [0.25, 0.3) is 5.91 Å². The number of carbonyl (C=O) groups is 7. The zero-order chi connectivity index (χ0) is 45.6. The molecule has 9 atom stereocenters. The number of allylic oxidation sites excluding steroid dienone is 1. The lowest BCUT2D eigenvalue weighted by Crippen LogP contribution is -2.58. The maximum Gasteiger partial charge on any atom is 0.334 e. The highest BCUT2D eigenvalue weighted by atomic mass is 16.5. The Morgan fingerprint density at radius 3 is 2.07 bits per heavy atom. The first kappa shape index (κ1) is 50.9. The first-order chi connectivity index (χ1) is 28.0. The van der Waals surface area contributed by atoms with Gasteiger partial charge in [-0.3, -0.25) is 28.8 Å². The third-order valence-corrected chi connectivity index (χ3v) is 11.2. The second-order valence-electron chi connectivity index (χ2n) is 16.6. The number of ether oxygens (including phenoxy) is 1. The predicted octanol–water partition coefficient (Wildman–Crippen LogP) is 2.48. The number of carbonyl (C=O) groups excluding carboxylic acids is 7. The standard InChI is InChI=1S/C44H69N7O9/c1-13-25(5)37-28(8)33(45)20-15-27(7)44(59)60-35(21-24(3)4)40(55)47-30(10)42(57)51(12)34(22-31-16-18-32(52)19-17-31)43(58)50(11)23-36(53)48-38(26(6)14-2)41(56)46-29(9)39(54)49-37/h13,15-19,24,26,28-30,33-35,37-38,52H,14,20-23,45H2,1-12H3,(H,46,56)(H,47,55)(H,48,53)(H,49,54)/b25-13+,27-15+/t26?,28-,29+,30-,33-,34+,35+,37+,38?/m0/s1. The van der Waals surface area contributed by atoms with E-state index in [1.807, 2.05) is 47.6 Å². The van der Waals surface area contributed by atoms with Crippen LogP contribution in [0.5, 0.6) is 5.75 Å². The van der Waals surface area contributed by atoms with Gasteiger partial charge in [-0.15, -0.1) is 0 Å². The minimum absolute atomic E-state index is 0.00257. The van der Waals surface area contributed by atoms with Gasteiger partial charge < -0.3 is 46.6 Å². The van der Waals surface area contributed by atoms with E-state index >= 15 is 0 Å². The number of amides is 6. The quantitative estimate of drug-likeness (QED) is 0.174. The number of hydrogen-bond donors (Lipinski definition) is 6. The Morgan fingerprint density at radius 2 is 1.50 bits per heavy atom. The maximum absolute atomic E-state index is 14.2. The Balaban J connectivity index is 2.63. The molecule has 1 heterocycles. The van der Waals surface area contributed by atoms with Crippen LogP contribution in [0.15, 0.2) is 47.6 Å². The van der Waals surface area contributed by atoms with Gasteiger partial charge in [-0.1, -0.05) is 70.9 Å². The number of nitrogens with two attached hydrogens (primary N) is 1. The molecule has 0 saturated carbocycles. The Morgan fingerprint density at radius 1 is 0.900 bits per heavy atom. The summed E-state index contributed by atoms with van der Waals surface area (Å²) in [6.45, 7) is 17.0. The van der Waals surface area contributed by atoms with E-state index in [-0.39, 0.29) is 48.3 Å². The number of aromatic hydroxyl groups is 1. The molecule has 0 bridgehead atoms. The van der Waals surface area contributed by atoms with Crippen molar-refractivity contribution in [3.63, 3.8) is 0 Å². The van der Waals surface area contributed by atoms with Gasteiger partial charge in [0.05, 0.1) is 12.6 Å². The molecule has 7 N–H and O–H groups in total. The molecule has 0 aliphatic carbocycles. The topological polar surface area (TPSA) is 230 Å². The van der Waals surface area contributed by atoms with E-state index < -0.39 is 90.3 Å². The van der Waals surface area contributed by atoms with Crippen molar-refractivity contribution in [3.8, 4) is 5.75 Å². The zero-order valence-electron chi connectivity index (χ0n) is 37.5. The van der Waals surface area contributed by atoms with Gasteiger partial charge in [0.15, 0.2) is 6.10 Å². The molecular formula is C44H69N7O9. The van der Waals surface area contributed by atoms with E-state index in [0.29, 0.717) is 12.0 Å². The summed E-state index contributed by atoms with van der Waals surface area (Å²) in [5.74, 6) is -5.16. The fourth-order valence-corrected chi connectivity index (χ4v) is 6.74. The Labute approximate surface area is 355 Å². The summed E-state index contributed by atoms with van der Waals surface area (Å²) in [7, 11) is 2.80. The minimum atomic E-state index is -1.25. The molecule has 2 unspecified atom stereocenters. The van der Waals surface area contributed by atoms with Crippen LogP contribution in [0.1, 0.15) is 94.1 Å². The van der Waals surface area contributed by atoms with Crippen molar-refractivity contribution < 1.29 is 43.4 Å². The van der Waals surface area contributed by atoms with Gasteiger partial charge in [-0.2, -0.15) is 0 Å². The van der Waals surface area contributed by atoms with Gasteiger partial charge in [-0.05, 0) is 82.9 Å². The molecule has 334 valence electrons. The number of esters is 1. The minimum Gasteiger partial charge on any atom is -0.508 e. The van der Waals surface area contributed by atoms with Crippen LogP contribution in [-0.2, 0) is 44.7 Å². The highest BCUT2D eigenvalue weighted by Gasteiger charge is 2.36. The van der Waals surface area contributed by atoms with Crippen LogP contribution in [0.3, 0.4) is 0 Å². The van der Waals surface area contributed by atoms with Crippen molar-refractivity contribution in [1.29, 1.82) is 0 Å². The normalized spacial score (nSPS) is 28.5. The first-order valence-electron chi connectivity index (χ1n) is 20.8. The monoisotopic (exact) mass is 840 g/mol. The number of hydrogen-bond acceptors (Lipinski definition) is 10. The molecule has 16 nitrogen and oxygen atoms in total. The van der Waals surface area contributed by atoms with Gasteiger partial charge in [-0.25, -0.2) is 4.79 Å². The highest BCUT2D eigenvalue weighted by molar-refractivity contribution is 5.96. The predicted molar refractivity (Wildman–Crippen MR) is 229 cm³/mol. The third kappa shape index (κ3) is 14.8. The summed E-state index contributed by atoms with van der Waals surface area (Å²) >= 11 is 0. The molecule has 1 aliphatic heterocycles. The molecule has 6 amide bonds. The van der Waals surface area contributed by atoms with Crippen LogP contribution in [0.25, 0.3) is 0 Å². The fourth-order valence-electron chi connectivity index (χ4n) is 6.74. The molecule has 1 aromatic carbocycles. The van der Waals surface area contributed by atoms with E-state index in [2.05, 4.69) is 21.3 Å². The van der Waals surface area contributed by atoms with Crippen LogP contribution in [0.4, 0.5) is 0 Å². The second-order valence-corrected chi connectivity index (χ2v) is 16.6. The molecule has 0 spiro atoms. The van der Waals surface area contributed by atoms with Crippen LogP contribution >= 0.6 is 0 Å². The molecule has 0 aromatic heterocycles. The van der Waals surface area contributed by atoms with E-state index in [9.17, 15) is 38.7 Å². The molecule has 0 radical (unpaired) electrons. The fraction of sp³-hybridized carbons (Fsp3) is 0.614. The second kappa shape index (κ2) is 23.5. The number of nitrogens with one attached hydrogen (secondary N) is 4. The van der Waals surface area contributed by atoms with Crippen LogP contribution in [-0.4, -0.2) is 119 Å². The molecule has 2 rings (SSSR count). The molecule has 60 heavy (non-hydrogen) atoms. The SMILES string of the molecule is C/C=C(\C)[C@H]1NC(=O)[C@@H](C)NC(=O)C(C(C)CC)NC(=O)CN(C)C(=O)[C@@H](Cc2ccc(O)cc2)N(C)C(=O)[C@H](C)NC(=O)[C@@H](CC(C)C)OC(=O)/C(C)=C/C[C@H](N)[C@@H]1C. The van der Waals surface area contributed by atoms with E-state index in [4.69, 9.17) is 10.5 Å². The zero-order valence-corrected chi connectivity index (χ0v) is 37.5. The summed E-state index contributed by atoms with van der Waals surface area (Å²) in [6.07, 6.45) is 3.11. The Bertz CT molecular complexity index is 1740. The maximum atomic E-state index is 14.2. The van der Waals surface area contributed by atoms with Gasteiger partial charge >= 0.3 is 5.97 Å². The molecule has 1 aromatic rings. The average Bonchev–Trinajstić information content (AvgIpc) is 3.20. The number of rotatable bonds is 7. The summed E-state index contributed by atoms with van der Waals surface area (Å²) in [5.41, 5.74) is 8.28. The largest absolute Gasteiger partial charge is 0.508 e. The first-order valence-corrected chi connectivity index (χ1v) is 20.8. The van der Waals surface area contributed by atoms with Gasteiger partial charge in [0.2, 0.25) is 29.5 Å². The molecule has 16 heteroatoms. The van der Waals surface area contributed by atoms with Crippen LogP contribution in [0, 0.1) is 17.8 Å². The van der Waals surface area contributed by atoms with Gasteiger partial charge in [0, 0.05) is 32.1 Å². The number of benzene rings is 1. The number of phenolic OH excluding ortho intramolecular Hbond substituents is 1. The van der Waals surface area contributed by atoms with Crippen molar-refractivity contribution in [2.45, 2.75) is 137 Å². The van der Waals surface area contributed by atoms with Crippen LogP contribution < -0.4 is 27.0 Å². The van der Waals surface area contributed by atoms with Crippen molar-refractivity contribution >= 4 is 41.4 Å². The molecule has 1 aliphatic rings. The lowest BCUT2D eigenvalue weighted by Gasteiger charge is -2.33. The summed E-state index contributed by atoms with van der Waals surface area (Å²) in [6, 6.07) is 0.611. The van der Waals surface area contributed by atoms with Crippen molar-refractivity contribution in [1.82, 2.24) is 31.1 Å². The molecule has 0 saturated heterocycles. The van der Waals surface area contributed by atoms with E-state index in [1.165, 1.54) is 45.0 Å². The smallest absolute Gasteiger partial charge is 0.334 e. The molecular weight excluding hydrogens is 771 g/mol. The van der Waals surface area contributed by atoms with E-state index in [0.717, 1.165) is 10.5 Å². The van der Waals surface area contributed by atoms with E-state index in [1.54, 1.807) is 32.1 Å². The van der Waals surface area contributed by atoms with Crippen LogP contribution in [0.2, 0.25) is 0 Å². The average molecular weight is 840 g/mol. The Kier molecular flexibility index (Phi) is 19.9. The number of cyclic esters (lactones) is 1. The van der Waals surface area contributed by atoms with Crippen molar-refractivity contribution in [2.75, 3.05) is 20.6 Å². The van der Waals surface area contributed by atoms with Gasteiger partial charge in [0.1, 0.15) is 29.9 Å². The highest BCUT2D eigenvalue weighted by Crippen LogP contribution is 2.20. The number of phenols is 1. The number of nitrogens with zero attached hydrogens (tertiary/aromatic N) is 2. The lowest BCUT2D eigenvalue weighted by molar-refractivity contribution is -0.154. The number of likely N-dealkylation sites (N-methyl/N-ethyl adjacent to an activating group) is 2. The summed E-state index contributed by atoms with van der Waals surface area (Å²) in [4.78, 5) is 98.3. The Hall–Kier alpha value is -5.25. The third-order valence-electron chi connectivity index (χ3n) is 11.2. The summed E-state index contributed by atoms with van der Waals surface area (Å²) in [5, 5.41) is 21.0.